The molecular weight excluding hydrogens is 204 g/mol. The van der Waals surface area contributed by atoms with E-state index in [2.05, 4.69) is 6.92 Å². The van der Waals surface area contributed by atoms with Crippen molar-refractivity contribution in [3.63, 3.8) is 0 Å². The van der Waals surface area contributed by atoms with E-state index in [-0.39, 0.29) is 4.75 Å². The fourth-order valence-electron chi connectivity index (χ4n) is 1.97. The number of Topliss-reactive ketones (excluding diaryl/α,β-unsaturated/α-hetero) is 1. The van der Waals surface area contributed by atoms with Crippen molar-refractivity contribution in [3.8, 4) is 0 Å². The molecule has 1 aromatic carbocycles. The Bertz CT molecular complexity index is 339. The van der Waals surface area contributed by atoms with Crippen molar-refractivity contribution in [2.45, 2.75) is 30.9 Å². The van der Waals surface area contributed by atoms with Crippen molar-refractivity contribution in [3.05, 3.63) is 35.9 Å². The van der Waals surface area contributed by atoms with Crippen LogP contribution in [0.25, 0.3) is 0 Å². The molecule has 1 fully saturated rings. The molecule has 2 heteroatoms. The van der Waals surface area contributed by atoms with E-state index in [9.17, 15) is 4.79 Å². The average molecular weight is 220 g/mol. The molecule has 1 unspecified atom stereocenters. The number of hydrogen-bond acceptors (Lipinski definition) is 2. The van der Waals surface area contributed by atoms with Crippen LogP contribution >= 0.6 is 11.8 Å². The fraction of sp³-hybridized carbons (Fsp3) is 0.462. The molecule has 1 aliphatic heterocycles. The zero-order valence-corrected chi connectivity index (χ0v) is 9.85. The van der Waals surface area contributed by atoms with Crippen molar-refractivity contribution >= 4 is 17.5 Å². The first-order chi connectivity index (χ1) is 7.21. The van der Waals surface area contributed by atoms with Crippen LogP contribution < -0.4 is 0 Å². The summed E-state index contributed by atoms with van der Waals surface area (Å²) in [6, 6.07) is 10.0. The van der Waals surface area contributed by atoms with Crippen LogP contribution in [0.3, 0.4) is 0 Å². The molecule has 0 amide bonds. The van der Waals surface area contributed by atoms with E-state index in [0.717, 1.165) is 17.7 Å². The summed E-state index contributed by atoms with van der Waals surface area (Å²) in [5.41, 5.74) is 1.14. The molecule has 80 valence electrons. The number of ketones is 1. The predicted molar refractivity (Wildman–Crippen MR) is 65.3 cm³/mol. The van der Waals surface area contributed by atoms with Gasteiger partial charge in [0.2, 0.25) is 0 Å². The first kappa shape index (κ1) is 10.7. The highest BCUT2D eigenvalue weighted by molar-refractivity contribution is 8.01. The Balaban J connectivity index is 2.04. The Hall–Kier alpha value is -0.760. The second-order valence-electron chi connectivity index (χ2n) is 4.27. The van der Waals surface area contributed by atoms with Gasteiger partial charge in [-0.2, -0.15) is 0 Å². The Morgan fingerprint density at radius 1 is 1.40 bits per heavy atom. The number of benzene rings is 1. The molecule has 1 nitrogen and oxygen atoms in total. The van der Waals surface area contributed by atoms with Crippen molar-refractivity contribution in [2.24, 2.45) is 0 Å². The van der Waals surface area contributed by atoms with Crippen LogP contribution in [-0.4, -0.2) is 16.3 Å². The van der Waals surface area contributed by atoms with Gasteiger partial charge in [0, 0.05) is 6.42 Å². The van der Waals surface area contributed by atoms with Crippen LogP contribution in [0, 0.1) is 0 Å². The van der Waals surface area contributed by atoms with Gasteiger partial charge in [-0.3, -0.25) is 4.79 Å². The lowest BCUT2D eigenvalue weighted by molar-refractivity contribution is -0.120. The van der Waals surface area contributed by atoms with Crippen molar-refractivity contribution in [1.82, 2.24) is 0 Å². The summed E-state index contributed by atoms with van der Waals surface area (Å²) >= 11 is 1.82. The molecule has 0 spiro atoms. The third kappa shape index (κ3) is 2.43. The lowest BCUT2D eigenvalue weighted by Gasteiger charge is -2.20. The monoisotopic (exact) mass is 220 g/mol. The van der Waals surface area contributed by atoms with Gasteiger partial charge < -0.3 is 0 Å². The minimum atomic E-state index is -0.115. The van der Waals surface area contributed by atoms with Crippen LogP contribution in [0.4, 0.5) is 0 Å². The van der Waals surface area contributed by atoms with Crippen molar-refractivity contribution in [2.75, 3.05) is 5.75 Å². The predicted octanol–water partition coefficient (Wildman–Crippen LogP) is 3.08. The van der Waals surface area contributed by atoms with E-state index >= 15 is 0 Å². The lowest BCUT2D eigenvalue weighted by Crippen LogP contribution is -2.30. The maximum atomic E-state index is 12.1. The van der Waals surface area contributed by atoms with Crippen LogP contribution in [-0.2, 0) is 11.2 Å². The molecule has 15 heavy (non-hydrogen) atoms. The SMILES string of the molecule is CC1(C(=O)Cc2ccccc2)CCCS1. The second kappa shape index (κ2) is 4.40. The molecule has 1 heterocycles. The van der Waals surface area contributed by atoms with Gasteiger partial charge in [-0.1, -0.05) is 30.3 Å². The summed E-state index contributed by atoms with van der Waals surface area (Å²) < 4.78 is -0.115. The van der Waals surface area contributed by atoms with E-state index in [4.69, 9.17) is 0 Å². The van der Waals surface area contributed by atoms with Crippen LogP contribution in [0.1, 0.15) is 25.3 Å². The number of carbonyl (C=O) groups excluding carboxylic acids is 1. The average Bonchev–Trinajstić information content (AvgIpc) is 2.68. The fourth-order valence-corrected chi connectivity index (χ4v) is 3.23. The quantitative estimate of drug-likeness (QED) is 0.778. The Morgan fingerprint density at radius 3 is 2.73 bits per heavy atom. The largest absolute Gasteiger partial charge is 0.298 e. The molecule has 1 aliphatic rings. The molecule has 1 saturated heterocycles. The van der Waals surface area contributed by atoms with E-state index < -0.39 is 0 Å². The molecule has 0 N–H and O–H groups in total. The zero-order valence-electron chi connectivity index (χ0n) is 9.03. The smallest absolute Gasteiger partial charge is 0.152 e. The minimum absolute atomic E-state index is 0.115. The Morgan fingerprint density at radius 2 is 2.13 bits per heavy atom. The van der Waals surface area contributed by atoms with Gasteiger partial charge in [-0.25, -0.2) is 0 Å². The number of rotatable bonds is 3. The summed E-state index contributed by atoms with van der Waals surface area (Å²) in [7, 11) is 0. The van der Waals surface area contributed by atoms with Crippen LogP contribution in [0.15, 0.2) is 30.3 Å². The first-order valence-corrected chi connectivity index (χ1v) is 6.40. The standard InChI is InChI=1S/C13H16OS/c1-13(8-5-9-15-13)12(14)10-11-6-3-2-4-7-11/h2-4,6-7H,5,8-10H2,1H3. The van der Waals surface area contributed by atoms with Gasteiger partial charge in [0.25, 0.3) is 0 Å². The Kier molecular flexibility index (Phi) is 3.15. The Labute approximate surface area is 95.3 Å². The van der Waals surface area contributed by atoms with Gasteiger partial charge in [0.15, 0.2) is 5.78 Å². The lowest BCUT2D eigenvalue weighted by atomic mass is 9.95. The van der Waals surface area contributed by atoms with E-state index in [1.807, 2.05) is 42.1 Å². The molecule has 0 radical (unpaired) electrons. The van der Waals surface area contributed by atoms with Gasteiger partial charge >= 0.3 is 0 Å². The highest BCUT2D eigenvalue weighted by Crippen LogP contribution is 2.39. The highest BCUT2D eigenvalue weighted by Gasteiger charge is 2.36. The second-order valence-corrected chi connectivity index (χ2v) is 5.87. The normalized spacial score (nSPS) is 25.4. The minimum Gasteiger partial charge on any atom is -0.298 e. The summed E-state index contributed by atoms with van der Waals surface area (Å²) in [6.07, 6.45) is 2.81. The maximum absolute atomic E-state index is 12.1. The highest BCUT2D eigenvalue weighted by atomic mass is 32.2. The topological polar surface area (TPSA) is 17.1 Å². The third-order valence-electron chi connectivity index (χ3n) is 3.02. The molecule has 0 aliphatic carbocycles. The van der Waals surface area contributed by atoms with Gasteiger partial charge in [0.1, 0.15) is 0 Å². The summed E-state index contributed by atoms with van der Waals surface area (Å²) in [5.74, 6) is 1.52. The molecule has 0 bridgehead atoms. The number of hydrogen-bond donors (Lipinski definition) is 0. The summed E-state index contributed by atoms with van der Waals surface area (Å²) in [4.78, 5) is 12.1. The maximum Gasteiger partial charge on any atom is 0.152 e. The summed E-state index contributed by atoms with van der Waals surface area (Å²) in [5, 5.41) is 0. The molecule has 1 aromatic rings. The molecular formula is C13H16OS. The van der Waals surface area contributed by atoms with Gasteiger partial charge in [0.05, 0.1) is 4.75 Å². The van der Waals surface area contributed by atoms with Gasteiger partial charge in [-0.05, 0) is 31.1 Å². The van der Waals surface area contributed by atoms with E-state index in [1.54, 1.807) is 0 Å². The molecule has 0 saturated carbocycles. The van der Waals surface area contributed by atoms with Crippen LogP contribution in [0.5, 0.6) is 0 Å². The molecule has 1 atom stereocenters. The molecule has 2 rings (SSSR count). The van der Waals surface area contributed by atoms with E-state index in [0.29, 0.717) is 12.2 Å². The number of thioether (sulfide) groups is 1. The summed E-state index contributed by atoms with van der Waals surface area (Å²) in [6.45, 7) is 2.09. The van der Waals surface area contributed by atoms with E-state index in [1.165, 1.54) is 6.42 Å². The van der Waals surface area contributed by atoms with Gasteiger partial charge in [-0.15, -0.1) is 11.8 Å². The van der Waals surface area contributed by atoms with Crippen molar-refractivity contribution in [1.29, 1.82) is 0 Å². The number of carbonyl (C=O) groups is 1. The van der Waals surface area contributed by atoms with Crippen LogP contribution in [0.2, 0.25) is 0 Å². The van der Waals surface area contributed by atoms with Crippen molar-refractivity contribution < 1.29 is 4.79 Å². The third-order valence-corrected chi connectivity index (χ3v) is 4.58. The molecule has 0 aromatic heterocycles. The first-order valence-electron chi connectivity index (χ1n) is 5.42. The zero-order chi connectivity index (χ0) is 10.7.